The number of fused-ring (bicyclic) bond motifs is 1. The van der Waals surface area contributed by atoms with E-state index in [1.165, 1.54) is 5.57 Å². The summed E-state index contributed by atoms with van der Waals surface area (Å²) in [5, 5.41) is 12.0. The third-order valence-electron chi connectivity index (χ3n) is 5.46. The second-order valence-electron chi connectivity index (χ2n) is 7.49. The topological polar surface area (TPSA) is 95.2 Å². The van der Waals surface area contributed by atoms with Crippen LogP contribution in [0.25, 0.3) is 33.6 Å². The molecule has 7 nitrogen and oxygen atoms in total. The van der Waals surface area contributed by atoms with Crippen molar-refractivity contribution in [2.45, 2.75) is 13.3 Å². The molecule has 0 bridgehead atoms. The first-order valence-corrected chi connectivity index (χ1v) is 10.3. The highest BCUT2D eigenvalue weighted by atomic mass is 15.1. The van der Waals surface area contributed by atoms with Gasteiger partial charge in [0.15, 0.2) is 5.82 Å². The molecule has 0 aliphatic carbocycles. The Morgan fingerprint density at radius 3 is 2.97 bits per heavy atom. The van der Waals surface area contributed by atoms with Crippen molar-refractivity contribution in [3.05, 3.63) is 84.2 Å². The molecule has 5 rings (SSSR count). The molecule has 0 radical (unpaired) electrons. The molecular formula is C24H23N7. The maximum Gasteiger partial charge on any atom is 0.159 e. The first-order valence-electron chi connectivity index (χ1n) is 10.3. The molecule has 154 valence electrons. The van der Waals surface area contributed by atoms with Crippen LogP contribution in [-0.2, 0) is 0 Å². The zero-order chi connectivity index (χ0) is 21.2. The largest absolute Gasteiger partial charge is 0.340 e. The lowest BCUT2D eigenvalue weighted by atomic mass is 10.0. The van der Waals surface area contributed by atoms with Gasteiger partial charge in [-0.3, -0.25) is 15.1 Å². The molecule has 3 N–H and O–H groups in total. The highest BCUT2D eigenvalue weighted by Gasteiger charge is 2.18. The third-order valence-corrected chi connectivity index (χ3v) is 5.46. The molecule has 0 atom stereocenters. The lowest BCUT2D eigenvalue weighted by molar-refractivity contribution is 0.737. The van der Waals surface area contributed by atoms with Crippen molar-refractivity contribution in [1.29, 1.82) is 0 Å². The zero-order valence-electron chi connectivity index (χ0n) is 17.3. The monoisotopic (exact) mass is 409 g/mol. The van der Waals surface area contributed by atoms with Gasteiger partial charge in [-0.25, -0.2) is 4.98 Å². The number of hydrogen-bond donors (Lipinski definition) is 3. The van der Waals surface area contributed by atoms with E-state index >= 15 is 0 Å². The Kier molecular flexibility index (Phi) is 5.01. The maximum absolute atomic E-state index is 4.91. The molecule has 0 aromatic carbocycles. The van der Waals surface area contributed by atoms with Gasteiger partial charge in [-0.2, -0.15) is 5.10 Å². The summed E-state index contributed by atoms with van der Waals surface area (Å²) in [6, 6.07) is 6.04. The summed E-state index contributed by atoms with van der Waals surface area (Å²) >= 11 is 0. The van der Waals surface area contributed by atoms with Crippen molar-refractivity contribution < 1.29 is 0 Å². The van der Waals surface area contributed by atoms with Crippen molar-refractivity contribution in [3.8, 4) is 11.5 Å². The molecule has 0 saturated carbocycles. The van der Waals surface area contributed by atoms with Crippen molar-refractivity contribution in [3.63, 3.8) is 0 Å². The standard InChI is InChI=1S/C24H23N7/c1-3-5-18(17-6-4-9-26-13-17)22-15(2)28-24(29-22)23-19-12-20(16-7-10-25-11-8-16)27-14-21(19)30-31-23/h3-7,9,12-14,25H,1,8,10-11H2,2H3,(H,28,29)(H,30,31)/b18-5-. The highest BCUT2D eigenvalue weighted by molar-refractivity contribution is 5.93. The number of H-pyrrole nitrogens is 2. The minimum absolute atomic E-state index is 0.717. The van der Waals surface area contributed by atoms with Crippen LogP contribution < -0.4 is 5.32 Å². The Balaban J connectivity index is 1.59. The average Bonchev–Trinajstić information content (AvgIpc) is 3.41. The molecule has 31 heavy (non-hydrogen) atoms. The summed E-state index contributed by atoms with van der Waals surface area (Å²) in [4.78, 5) is 17.2. The van der Waals surface area contributed by atoms with E-state index in [2.05, 4.69) is 49.2 Å². The fraction of sp³-hybridized carbons (Fsp3) is 0.167. The fourth-order valence-corrected chi connectivity index (χ4v) is 3.91. The Bertz CT molecular complexity index is 1310. The summed E-state index contributed by atoms with van der Waals surface area (Å²) in [5.41, 5.74) is 7.68. The molecule has 4 aromatic rings. The number of rotatable bonds is 5. The summed E-state index contributed by atoms with van der Waals surface area (Å²) < 4.78 is 0. The molecule has 7 heteroatoms. The van der Waals surface area contributed by atoms with Gasteiger partial charge in [0, 0.05) is 41.2 Å². The van der Waals surface area contributed by atoms with E-state index in [0.29, 0.717) is 5.82 Å². The van der Waals surface area contributed by atoms with Crippen molar-refractivity contribution in [2.24, 2.45) is 0 Å². The van der Waals surface area contributed by atoms with E-state index in [1.807, 2.05) is 37.5 Å². The normalized spacial score (nSPS) is 14.6. The highest BCUT2D eigenvalue weighted by Crippen LogP contribution is 2.31. The van der Waals surface area contributed by atoms with E-state index in [-0.39, 0.29) is 0 Å². The molecular weight excluding hydrogens is 386 g/mol. The Labute approximate surface area is 180 Å². The van der Waals surface area contributed by atoms with E-state index in [4.69, 9.17) is 4.98 Å². The molecule has 5 heterocycles. The fourth-order valence-electron chi connectivity index (χ4n) is 3.91. The first kappa shape index (κ1) is 19.1. The third kappa shape index (κ3) is 3.60. The molecule has 0 spiro atoms. The van der Waals surface area contributed by atoms with E-state index in [0.717, 1.165) is 64.3 Å². The van der Waals surface area contributed by atoms with E-state index in [1.54, 1.807) is 12.3 Å². The van der Waals surface area contributed by atoms with Gasteiger partial charge in [-0.05, 0) is 37.6 Å². The van der Waals surface area contributed by atoms with Crippen LogP contribution in [0.1, 0.15) is 29.1 Å². The number of hydrogen-bond acceptors (Lipinski definition) is 5. The van der Waals surface area contributed by atoms with Crippen LogP contribution in [0.15, 0.2) is 61.6 Å². The van der Waals surface area contributed by atoms with Gasteiger partial charge in [0.1, 0.15) is 5.69 Å². The maximum atomic E-state index is 4.91. The van der Waals surface area contributed by atoms with Crippen LogP contribution in [-0.4, -0.2) is 43.2 Å². The summed E-state index contributed by atoms with van der Waals surface area (Å²) in [7, 11) is 0. The second kappa shape index (κ2) is 8.12. The summed E-state index contributed by atoms with van der Waals surface area (Å²) in [6.45, 7) is 7.72. The van der Waals surface area contributed by atoms with Crippen molar-refractivity contribution in [2.75, 3.05) is 13.1 Å². The number of aromatic amines is 2. The van der Waals surface area contributed by atoms with Gasteiger partial charge in [0.05, 0.1) is 23.1 Å². The van der Waals surface area contributed by atoms with Gasteiger partial charge in [-0.15, -0.1) is 0 Å². The van der Waals surface area contributed by atoms with Crippen LogP contribution in [0.5, 0.6) is 0 Å². The van der Waals surface area contributed by atoms with Gasteiger partial charge in [0.2, 0.25) is 0 Å². The lowest BCUT2D eigenvalue weighted by Crippen LogP contribution is -2.20. The van der Waals surface area contributed by atoms with Gasteiger partial charge < -0.3 is 10.3 Å². The lowest BCUT2D eigenvalue weighted by Gasteiger charge is -2.13. The Hall–Kier alpha value is -3.84. The van der Waals surface area contributed by atoms with E-state index in [9.17, 15) is 0 Å². The Morgan fingerprint density at radius 1 is 1.26 bits per heavy atom. The number of aromatic nitrogens is 6. The smallest absolute Gasteiger partial charge is 0.159 e. The summed E-state index contributed by atoms with van der Waals surface area (Å²) in [6.07, 6.45) is 12.3. The zero-order valence-corrected chi connectivity index (χ0v) is 17.3. The van der Waals surface area contributed by atoms with Gasteiger partial charge >= 0.3 is 0 Å². The SMILES string of the molecule is C=C/C=C(/c1cccnc1)c1nc(-c2n[nH]c3cnc(C4=CCNCC4)cc23)[nH]c1C. The minimum atomic E-state index is 0.717. The molecule has 4 aromatic heterocycles. The van der Waals surface area contributed by atoms with Gasteiger partial charge in [0.25, 0.3) is 0 Å². The molecule has 1 aliphatic rings. The van der Waals surface area contributed by atoms with Crippen molar-refractivity contribution >= 4 is 22.0 Å². The molecule has 0 fully saturated rings. The predicted octanol–water partition coefficient (Wildman–Crippen LogP) is 4.05. The number of nitrogens with zero attached hydrogens (tertiary/aromatic N) is 4. The molecule has 0 saturated heterocycles. The van der Waals surface area contributed by atoms with Crippen LogP contribution in [0.2, 0.25) is 0 Å². The number of nitrogens with one attached hydrogen (secondary N) is 3. The van der Waals surface area contributed by atoms with E-state index < -0.39 is 0 Å². The summed E-state index contributed by atoms with van der Waals surface area (Å²) in [5.74, 6) is 0.717. The minimum Gasteiger partial charge on any atom is -0.340 e. The van der Waals surface area contributed by atoms with Gasteiger partial charge in [-0.1, -0.05) is 30.9 Å². The molecule has 0 amide bonds. The Morgan fingerprint density at radius 2 is 2.19 bits per heavy atom. The molecule has 1 aliphatic heterocycles. The van der Waals surface area contributed by atoms with Crippen LogP contribution in [0.4, 0.5) is 0 Å². The van der Waals surface area contributed by atoms with Crippen LogP contribution >= 0.6 is 0 Å². The predicted molar refractivity (Wildman–Crippen MR) is 123 cm³/mol. The van der Waals surface area contributed by atoms with Crippen molar-refractivity contribution in [1.82, 2.24) is 35.5 Å². The number of pyridine rings is 2. The number of aryl methyl sites for hydroxylation is 1. The second-order valence-corrected chi connectivity index (χ2v) is 7.49. The quantitative estimate of drug-likeness (QED) is 0.432. The van der Waals surface area contributed by atoms with Crippen LogP contribution in [0, 0.1) is 6.92 Å². The average molecular weight is 409 g/mol. The number of allylic oxidation sites excluding steroid dienone is 2. The van der Waals surface area contributed by atoms with Crippen LogP contribution in [0.3, 0.4) is 0 Å². The first-order chi connectivity index (χ1) is 15.2. The number of imidazole rings is 1. The molecule has 0 unspecified atom stereocenters.